The topological polar surface area (TPSA) is 63.7 Å². The Kier molecular flexibility index (Phi) is 4.16. The van der Waals surface area contributed by atoms with Crippen LogP contribution in [0.4, 0.5) is 0 Å². The molecule has 0 aromatic carbocycles. The number of nitrogens with zero attached hydrogens (tertiary/aromatic N) is 1. The van der Waals surface area contributed by atoms with E-state index >= 15 is 0 Å². The Bertz CT molecular complexity index is 424. The fourth-order valence-corrected chi connectivity index (χ4v) is 2.59. The van der Waals surface area contributed by atoms with Crippen molar-refractivity contribution < 1.29 is 19.1 Å². The number of esters is 1. The molecule has 0 radical (unpaired) electrons. The van der Waals surface area contributed by atoms with Crippen LogP contribution in [0.25, 0.3) is 0 Å². The molecule has 0 bridgehead atoms. The van der Waals surface area contributed by atoms with Crippen LogP contribution >= 0.6 is 0 Å². The van der Waals surface area contributed by atoms with Crippen LogP contribution in [-0.2, 0) is 19.1 Å². The number of amides is 2. The molecule has 2 amide bonds. The highest BCUT2D eigenvalue weighted by molar-refractivity contribution is 6.02. The number of likely N-dealkylation sites (tertiary alicyclic amines) is 1. The Labute approximate surface area is 119 Å². The summed E-state index contributed by atoms with van der Waals surface area (Å²) in [6.45, 7) is 5.51. The van der Waals surface area contributed by atoms with Crippen molar-refractivity contribution in [3.05, 3.63) is 0 Å². The van der Waals surface area contributed by atoms with Crippen molar-refractivity contribution in [1.29, 1.82) is 0 Å². The third-order valence-electron chi connectivity index (χ3n) is 4.53. The maximum atomic E-state index is 12.3. The molecule has 2 rings (SSSR count). The summed E-state index contributed by atoms with van der Waals surface area (Å²) >= 11 is 0. The van der Waals surface area contributed by atoms with Gasteiger partial charge in [0.05, 0.1) is 12.3 Å². The largest absolute Gasteiger partial charge is 0.440 e. The van der Waals surface area contributed by atoms with Crippen molar-refractivity contribution in [2.45, 2.75) is 65.5 Å². The molecule has 1 unspecified atom stereocenters. The molecule has 5 heteroatoms. The number of imide groups is 1. The molecular formula is C15H23NO4. The van der Waals surface area contributed by atoms with Gasteiger partial charge in [-0.1, -0.05) is 33.6 Å². The van der Waals surface area contributed by atoms with E-state index < -0.39 is 11.6 Å². The van der Waals surface area contributed by atoms with Crippen molar-refractivity contribution in [2.24, 2.45) is 11.3 Å². The van der Waals surface area contributed by atoms with Gasteiger partial charge in [0.1, 0.15) is 0 Å². The summed E-state index contributed by atoms with van der Waals surface area (Å²) in [5, 5.41) is 0. The molecule has 0 spiro atoms. The smallest absolute Gasteiger partial charge is 0.310 e. The van der Waals surface area contributed by atoms with Crippen LogP contribution in [0.15, 0.2) is 0 Å². The fourth-order valence-electron chi connectivity index (χ4n) is 2.59. The van der Waals surface area contributed by atoms with Gasteiger partial charge in [0.15, 0.2) is 6.23 Å². The molecule has 1 saturated carbocycles. The van der Waals surface area contributed by atoms with E-state index in [4.69, 9.17) is 4.74 Å². The van der Waals surface area contributed by atoms with E-state index in [2.05, 4.69) is 0 Å². The maximum absolute atomic E-state index is 12.3. The average molecular weight is 281 g/mol. The summed E-state index contributed by atoms with van der Waals surface area (Å²) in [6, 6.07) is 0. The third-order valence-corrected chi connectivity index (χ3v) is 4.53. The van der Waals surface area contributed by atoms with Crippen molar-refractivity contribution in [3.8, 4) is 0 Å². The van der Waals surface area contributed by atoms with Gasteiger partial charge < -0.3 is 4.74 Å². The van der Waals surface area contributed by atoms with Crippen molar-refractivity contribution in [3.63, 3.8) is 0 Å². The van der Waals surface area contributed by atoms with Gasteiger partial charge >= 0.3 is 5.97 Å². The average Bonchev–Trinajstić information content (AvgIpc) is 2.91. The standard InChI is InChI=1S/C15H23NO4/c1-4-15(2,3)14(19)16-11(17)9-12(16)20-13(18)10-7-5-6-8-10/h10,12H,4-9H2,1-3H3. The van der Waals surface area contributed by atoms with E-state index in [1.807, 2.05) is 6.92 Å². The lowest BCUT2D eigenvalue weighted by atomic mass is 9.87. The minimum absolute atomic E-state index is 0.0539. The monoisotopic (exact) mass is 281 g/mol. The van der Waals surface area contributed by atoms with E-state index in [0.717, 1.165) is 30.6 Å². The Morgan fingerprint density at radius 3 is 2.40 bits per heavy atom. The first-order valence-corrected chi connectivity index (χ1v) is 7.44. The summed E-state index contributed by atoms with van der Waals surface area (Å²) in [7, 11) is 0. The van der Waals surface area contributed by atoms with E-state index in [9.17, 15) is 14.4 Å². The van der Waals surface area contributed by atoms with Crippen LogP contribution < -0.4 is 0 Å². The normalized spacial score (nSPS) is 23.6. The highest BCUT2D eigenvalue weighted by Crippen LogP contribution is 2.32. The first kappa shape index (κ1) is 15.0. The van der Waals surface area contributed by atoms with E-state index in [0.29, 0.717) is 6.42 Å². The zero-order valence-electron chi connectivity index (χ0n) is 12.5. The van der Waals surface area contributed by atoms with Gasteiger partial charge in [0.2, 0.25) is 11.8 Å². The highest BCUT2D eigenvalue weighted by atomic mass is 16.6. The second kappa shape index (κ2) is 5.54. The van der Waals surface area contributed by atoms with Crippen LogP contribution in [-0.4, -0.2) is 28.9 Å². The molecule has 1 heterocycles. The molecule has 1 aliphatic carbocycles. The van der Waals surface area contributed by atoms with E-state index in [-0.39, 0.29) is 30.1 Å². The molecule has 112 valence electrons. The molecule has 20 heavy (non-hydrogen) atoms. The number of carbonyl (C=O) groups excluding carboxylic acids is 3. The second-order valence-corrected chi connectivity index (χ2v) is 6.38. The molecule has 0 aromatic rings. The van der Waals surface area contributed by atoms with Gasteiger partial charge in [0, 0.05) is 5.41 Å². The van der Waals surface area contributed by atoms with Gasteiger partial charge in [0.25, 0.3) is 0 Å². The predicted octanol–water partition coefficient (Wildman–Crippen LogP) is 2.24. The number of carbonyl (C=O) groups is 3. The highest BCUT2D eigenvalue weighted by Gasteiger charge is 2.48. The number of hydrogen-bond acceptors (Lipinski definition) is 4. The molecule has 2 fully saturated rings. The second-order valence-electron chi connectivity index (χ2n) is 6.38. The quantitative estimate of drug-likeness (QED) is 0.585. The fraction of sp³-hybridized carbons (Fsp3) is 0.800. The summed E-state index contributed by atoms with van der Waals surface area (Å²) < 4.78 is 5.36. The van der Waals surface area contributed by atoms with Crippen LogP contribution in [0.3, 0.4) is 0 Å². The first-order valence-electron chi connectivity index (χ1n) is 7.44. The summed E-state index contributed by atoms with van der Waals surface area (Å²) in [6.07, 6.45) is 3.89. The zero-order valence-corrected chi connectivity index (χ0v) is 12.5. The number of β-lactam (4-membered cyclic amide) rings is 1. The maximum Gasteiger partial charge on any atom is 0.310 e. The Morgan fingerprint density at radius 1 is 1.30 bits per heavy atom. The number of hydrogen-bond donors (Lipinski definition) is 0. The van der Waals surface area contributed by atoms with Crippen LogP contribution in [0, 0.1) is 11.3 Å². The molecule has 1 aliphatic heterocycles. The Morgan fingerprint density at radius 2 is 1.90 bits per heavy atom. The molecule has 0 N–H and O–H groups in total. The molecule has 0 aromatic heterocycles. The summed E-state index contributed by atoms with van der Waals surface area (Å²) in [4.78, 5) is 37.1. The number of ether oxygens (including phenoxy) is 1. The van der Waals surface area contributed by atoms with Crippen molar-refractivity contribution >= 4 is 17.8 Å². The minimum atomic E-state index is -0.686. The predicted molar refractivity (Wildman–Crippen MR) is 72.4 cm³/mol. The number of rotatable bonds is 4. The van der Waals surface area contributed by atoms with Crippen molar-refractivity contribution in [2.75, 3.05) is 0 Å². The van der Waals surface area contributed by atoms with Gasteiger partial charge in [-0.25, -0.2) is 4.90 Å². The SMILES string of the molecule is CCC(C)(C)C(=O)N1C(=O)CC1OC(=O)C1CCCC1. The van der Waals surface area contributed by atoms with Crippen LogP contribution in [0.2, 0.25) is 0 Å². The molecule has 2 aliphatic rings. The summed E-state index contributed by atoms with van der Waals surface area (Å²) in [5.74, 6) is -0.810. The van der Waals surface area contributed by atoms with Gasteiger partial charge in [-0.3, -0.25) is 14.4 Å². The summed E-state index contributed by atoms with van der Waals surface area (Å²) in [5.41, 5.74) is -0.603. The van der Waals surface area contributed by atoms with Gasteiger partial charge in [-0.15, -0.1) is 0 Å². The van der Waals surface area contributed by atoms with Crippen LogP contribution in [0.5, 0.6) is 0 Å². The molecular weight excluding hydrogens is 258 g/mol. The van der Waals surface area contributed by atoms with Gasteiger partial charge in [-0.05, 0) is 19.3 Å². The minimum Gasteiger partial charge on any atom is -0.440 e. The Balaban J connectivity index is 1.97. The molecule has 1 saturated heterocycles. The lowest BCUT2D eigenvalue weighted by molar-refractivity contribution is -0.193. The third kappa shape index (κ3) is 2.72. The lowest BCUT2D eigenvalue weighted by Gasteiger charge is -2.41. The van der Waals surface area contributed by atoms with Gasteiger partial charge in [-0.2, -0.15) is 0 Å². The zero-order chi connectivity index (χ0) is 14.9. The van der Waals surface area contributed by atoms with E-state index in [1.165, 1.54) is 0 Å². The molecule has 5 nitrogen and oxygen atoms in total. The lowest BCUT2D eigenvalue weighted by Crippen LogP contribution is -2.60. The molecule has 1 atom stereocenters. The first-order chi connectivity index (χ1) is 9.36. The van der Waals surface area contributed by atoms with E-state index in [1.54, 1.807) is 13.8 Å². The van der Waals surface area contributed by atoms with Crippen LogP contribution in [0.1, 0.15) is 59.3 Å². The Hall–Kier alpha value is -1.39. The van der Waals surface area contributed by atoms with Crippen molar-refractivity contribution in [1.82, 2.24) is 4.90 Å².